The minimum absolute atomic E-state index is 0.158. The van der Waals surface area contributed by atoms with Gasteiger partial charge in [-0.05, 0) is 53.2 Å². The molecule has 4 aromatic rings. The SMILES string of the molecule is CCCN1CCN(C(c2cc3cc4c(cc3[nH]c2=O)OCO4)c2nnnn2Cc2ccc(F)cc2)CC1. The van der Waals surface area contributed by atoms with Gasteiger partial charge in [0.15, 0.2) is 17.3 Å². The number of hydrogen-bond donors (Lipinski definition) is 1. The Morgan fingerprint density at radius 3 is 2.57 bits per heavy atom. The number of benzene rings is 2. The van der Waals surface area contributed by atoms with Crippen LogP contribution in [0.4, 0.5) is 4.39 Å². The molecule has 1 saturated heterocycles. The van der Waals surface area contributed by atoms with Crippen LogP contribution in [0, 0.1) is 5.82 Å². The van der Waals surface area contributed by atoms with Crippen molar-refractivity contribution in [3.05, 3.63) is 75.6 Å². The molecule has 2 aromatic carbocycles. The zero-order chi connectivity index (χ0) is 25.4. The van der Waals surface area contributed by atoms with Gasteiger partial charge < -0.3 is 19.4 Å². The van der Waals surface area contributed by atoms with Crippen LogP contribution < -0.4 is 15.0 Å². The van der Waals surface area contributed by atoms with Gasteiger partial charge >= 0.3 is 0 Å². The molecule has 1 N–H and O–H groups in total. The number of pyridine rings is 1. The second-order valence-corrected chi connectivity index (χ2v) is 9.45. The molecule has 0 amide bonds. The number of nitrogens with zero attached hydrogens (tertiary/aromatic N) is 6. The molecule has 0 bridgehead atoms. The highest BCUT2D eigenvalue weighted by molar-refractivity contribution is 5.83. The molecular weight excluding hydrogens is 477 g/mol. The summed E-state index contributed by atoms with van der Waals surface area (Å²) in [7, 11) is 0. The van der Waals surface area contributed by atoms with Gasteiger partial charge in [-0.3, -0.25) is 9.69 Å². The number of tetrazole rings is 1. The Hall–Kier alpha value is -3.83. The number of hydrogen-bond acceptors (Lipinski definition) is 8. The van der Waals surface area contributed by atoms with Crippen LogP contribution in [0.15, 0.2) is 47.3 Å². The van der Waals surface area contributed by atoms with Crippen molar-refractivity contribution in [1.29, 1.82) is 0 Å². The standard InChI is InChI=1S/C26H28FN7O3/c1-2-7-32-8-10-33(11-9-32)24(25-29-30-31-34(25)15-17-3-5-19(27)6-4-17)20-12-18-13-22-23(37-16-36-22)14-21(18)28-26(20)35/h3-6,12-14,24H,2,7-11,15-16H2,1H3,(H,28,35). The third-order valence-corrected chi connectivity index (χ3v) is 7.02. The van der Waals surface area contributed by atoms with E-state index in [0.717, 1.165) is 50.1 Å². The Kier molecular flexibility index (Phi) is 6.31. The van der Waals surface area contributed by atoms with Crippen LogP contribution in [0.5, 0.6) is 11.5 Å². The lowest BCUT2D eigenvalue weighted by Gasteiger charge is -2.38. The van der Waals surface area contributed by atoms with Gasteiger partial charge in [0.1, 0.15) is 11.9 Å². The maximum atomic E-state index is 13.5. The number of ether oxygens (including phenoxy) is 2. The van der Waals surface area contributed by atoms with Crippen LogP contribution >= 0.6 is 0 Å². The molecule has 10 nitrogen and oxygen atoms in total. The number of nitrogens with one attached hydrogen (secondary N) is 1. The zero-order valence-electron chi connectivity index (χ0n) is 20.6. The molecule has 2 aliphatic rings. The van der Waals surface area contributed by atoms with Crippen molar-refractivity contribution in [2.45, 2.75) is 25.9 Å². The van der Waals surface area contributed by atoms with Crippen molar-refractivity contribution < 1.29 is 13.9 Å². The van der Waals surface area contributed by atoms with Gasteiger partial charge in [-0.15, -0.1) is 5.10 Å². The van der Waals surface area contributed by atoms with E-state index in [4.69, 9.17) is 9.47 Å². The molecule has 0 saturated carbocycles. The fourth-order valence-electron chi connectivity index (χ4n) is 5.16. The van der Waals surface area contributed by atoms with E-state index in [9.17, 15) is 9.18 Å². The molecule has 1 atom stereocenters. The van der Waals surface area contributed by atoms with E-state index >= 15 is 0 Å². The van der Waals surface area contributed by atoms with Crippen LogP contribution in [-0.4, -0.2) is 74.5 Å². The first-order chi connectivity index (χ1) is 18.1. The number of aromatic amines is 1. The summed E-state index contributed by atoms with van der Waals surface area (Å²) in [6, 6.07) is 11.4. The molecule has 2 aromatic heterocycles. The lowest BCUT2D eigenvalue weighted by Crippen LogP contribution is -2.49. The number of aromatic nitrogens is 5. The first kappa shape index (κ1) is 23.6. The van der Waals surface area contributed by atoms with Crippen LogP contribution in [0.3, 0.4) is 0 Å². The van der Waals surface area contributed by atoms with Crippen LogP contribution in [-0.2, 0) is 6.54 Å². The first-order valence-corrected chi connectivity index (χ1v) is 12.5. The van der Waals surface area contributed by atoms with Gasteiger partial charge in [0.2, 0.25) is 6.79 Å². The maximum absolute atomic E-state index is 13.5. The predicted octanol–water partition coefficient (Wildman–Crippen LogP) is 2.55. The lowest BCUT2D eigenvalue weighted by atomic mass is 10.0. The van der Waals surface area contributed by atoms with Crippen LogP contribution in [0.1, 0.15) is 36.3 Å². The second kappa shape index (κ2) is 9.91. The van der Waals surface area contributed by atoms with E-state index in [-0.39, 0.29) is 18.2 Å². The van der Waals surface area contributed by atoms with E-state index in [2.05, 4.69) is 37.2 Å². The average Bonchev–Trinajstić information content (AvgIpc) is 3.55. The fraction of sp³-hybridized carbons (Fsp3) is 0.385. The van der Waals surface area contributed by atoms with E-state index in [1.165, 1.54) is 12.1 Å². The summed E-state index contributed by atoms with van der Waals surface area (Å²) in [5, 5.41) is 13.4. The summed E-state index contributed by atoms with van der Waals surface area (Å²) in [6.07, 6.45) is 1.10. The van der Waals surface area contributed by atoms with Gasteiger partial charge in [0, 0.05) is 43.2 Å². The highest BCUT2D eigenvalue weighted by Gasteiger charge is 2.33. The minimum atomic E-state index is -0.460. The smallest absolute Gasteiger partial charge is 0.253 e. The van der Waals surface area contributed by atoms with Crippen molar-refractivity contribution >= 4 is 10.9 Å². The number of fused-ring (bicyclic) bond motifs is 2. The molecule has 6 rings (SSSR count). The number of halogens is 1. The normalized spacial score (nSPS) is 16.9. The van der Waals surface area contributed by atoms with E-state index in [1.54, 1.807) is 22.9 Å². The Morgan fingerprint density at radius 1 is 1.05 bits per heavy atom. The van der Waals surface area contributed by atoms with Crippen LogP contribution in [0.25, 0.3) is 10.9 Å². The summed E-state index contributed by atoms with van der Waals surface area (Å²) in [5.41, 5.74) is 1.89. The summed E-state index contributed by atoms with van der Waals surface area (Å²) in [4.78, 5) is 21.2. The number of rotatable bonds is 7. The number of H-pyrrole nitrogens is 1. The Balaban J connectivity index is 1.41. The van der Waals surface area contributed by atoms with Gasteiger partial charge in [-0.1, -0.05) is 19.1 Å². The monoisotopic (exact) mass is 505 g/mol. The lowest BCUT2D eigenvalue weighted by molar-refractivity contribution is 0.104. The van der Waals surface area contributed by atoms with E-state index in [1.807, 2.05) is 12.1 Å². The van der Waals surface area contributed by atoms with Gasteiger partial charge in [0.25, 0.3) is 5.56 Å². The molecule has 1 unspecified atom stereocenters. The predicted molar refractivity (Wildman–Crippen MR) is 134 cm³/mol. The fourth-order valence-corrected chi connectivity index (χ4v) is 5.16. The Labute approximate surface area is 212 Å². The van der Waals surface area contributed by atoms with Crippen molar-refractivity contribution in [2.24, 2.45) is 0 Å². The average molecular weight is 506 g/mol. The molecule has 11 heteroatoms. The van der Waals surface area contributed by atoms with E-state index in [0.29, 0.717) is 34.9 Å². The molecule has 1 fully saturated rings. The Morgan fingerprint density at radius 2 is 1.81 bits per heavy atom. The molecule has 0 radical (unpaired) electrons. The highest BCUT2D eigenvalue weighted by Crippen LogP contribution is 2.36. The largest absolute Gasteiger partial charge is 0.454 e. The summed E-state index contributed by atoms with van der Waals surface area (Å²) in [5.74, 6) is 1.53. The van der Waals surface area contributed by atoms with Crippen molar-refractivity contribution in [3.8, 4) is 11.5 Å². The van der Waals surface area contributed by atoms with Gasteiger partial charge in [0.05, 0.1) is 12.1 Å². The van der Waals surface area contributed by atoms with Crippen molar-refractivity contribution in [2.75, 3.05) is 39.5 Å². The van der Waals surface area contributed by atoms with Gasteiger partial charge in [-0.25, -0.2) is 9.07 Å². The minimum Gasteiger partial charge on any atom is -0.454 e. The Bertz CT molecular complexity index is 1460. The summed E-state index contributed by atoms with van der Waals surface area (Å²) < 4.78 is 26.2. The first-order valence-electron chi connectivity index (χ1n) is 12.5. The highest BCUT2D eigenvalue weighted by atomic mass is 19.1. The topological polar surface area (TPSA) is 101 Å². The quantitative estimate of drug-likeness (QED) is 0.409. The summed E-state index contributed by atoms with van der Waals surface area (Å²) >= 11 is 0. The maximum Gasteiger partial charge on any atom is 0.253 e. The third kappa shape index (κ3) is 4.67. The molecule has 0 spiro atoms. The summed E-state index contributed by atoms with van der Waals surface area (Å²) in [6.45, 7) is 7.08. The second-order valence-electron chi connectivity index (χ2n) is 9.45. The molecular formula is C26H28FN7O3. The number of piperazine rings is 1. The van der Waals surface area contributed by atoms with Crippen LogP contribution in [0.2, 0.25) is 0 Å². The van der Waals surface area contributed by atoms with Crippen molar-refractivity contribution in [3.63, 3.8) is 0 Å². The molecule has 0 aliphatic carbocycles. The van der Waals surface area contributed by atoms with Gasteiger partial charge in [-0.2, -0.15) is 0 Å². The molecule has 37 heavy (non-hydrogen) atoms. The molecule has 4 heterocycles. The molecule has 192 valence electrons. The van der Waals surface area contributed by atoms with Crippen molar-refractivity contribution in [1.82, 2.24) is 35.0 Å². The zero-order valence-corrected chi connectivity index (χ0v) is 20.6. The third-order valence-electron chi connectivity index (χ3n) is 7.02. The van der Waals surface area contributed by atoms with E-state index < -0.39 is 6.04 Å². The molecule has 2 aliphatic heterocycles.